The smallest absolute Gasteiger partial charge is 0.131 e. The number of hydrogen-bond donors (Lipinski definition) is 3. The van der Waals surface area contributed by atoms with Crippen molar-refractivity contribution < 1.29 is 0 Å². The van der Waals surface area contributed by atoms with Crippen LogP contribution in [0.4, 0.5) is 0 Å². The molecule has 0 aliphatic carbocycles. The van der Waals surface area contributed by atoms with Crippen molar-refractivity contribution >= 4 is 22.3 Å². The number of allylic oxidation sites excluding steroid dienone is 2. The molecule has 5 aromatic carbocycles. The summed E-state index contributed by atoms with van der Waals surface area (Å²) in [5, 5.41) is 17.9. The molecule has 0 radical (unpaired) electrons. The first-order chi connectivity index (χ1) is 19.2. The molecule has 0 bridgehead atoms. The fraction of sp³-hybridized carbons (Fsp3) is 0.0857. The zero-order valence-electron chi connectivity index (χ0n) is 21.8. The third-order valence-corrected chi connectivity index (χ3v) is 7.14. The minimum Gasteiger partial charge on any atom is -0.350 e. The summed E-state index contributed by atoms with van der Waals surface area (Å²) >= 11 is 0. The molecular formula is C35H30N4. The molecule has 2 atom stereocenters. The number of hydrogen-bond acceptors (Lipinski definition) is 4. The summed E-state index contributed by atoms with van der Waals surface area (Å²) in [6, 6.07) is 42.0. The van der Waals surface area contributed by atoms with E-state index >= 15 is 0 Å². The molecule has 1 aliphatic rings. The van der Waals surface area contributed by atoms with Gasteiger partial charge in [-0.1, -0.05) is 127 Å². The van der Waals surface area contributed by atoms with Crippen molar-refractivity contribution in [1.82, 2.24) is 10.6 Å². The lowest BCUT2D eigenvalue weighted by Crippen LogP contribution is -2.45. The van der Waals surface area contributed by atoms with Crippen molar-refractivity contribution in [1.29, 1.82) is 5.41 Å². The van der Waals surface area contributed by atoms with Crippen LogP contribution in [0.2, 0.25) is 0 Å². The lowest BCUT2D eigenvalue weighted by molar-refractivity contribution is 0.410. The van der Waals surface area contributed by atoms with Gasteiger partial charge in [0.25, 0.3) is 0 Å². The summed E-state index contributed by atoms with van der Waals surface area (Å²) in [5.74, 6) is 0.875. The molecule has 0 amide bonds. The second-order valence-electron chi connectivity index (χ2n) is 9.64. The molecule has 0 saturated heterocycles. The molecule has 3 N–H and O–H groups in total. The number of aliphatic imine (C=N–C) groups is 1. The Morgan fingerprint density at radius 3 is 2.10 bits per heavy atom. The molecular weight excluding hydrogens is 476 g/mol. The standard InChI is InChI=1S/C35H30N4/c1-2-11-32(36)25-20-18-24(19-21-25)28-22-23-31(30-17-10-9-16-29(28)30)35-38-33(26-12-5-3-6-13-26)37-34(39-35)27-14-7-4-8-15-27/h2-23,33,35-36,38H,1H3,(H,37,39)/b11-2-,36-32?. The predicted octanol–water partition coefficient (Wildman–Crippen LogP) is 7.79. The Kier molecular flexibility index (Phi) is 6.86. The van der Waals surface area contributed by atoms with Gasteiger partial charge in [-0.25, -0.2) is 4.99 Å². The van der Waals surface area contributed by atoms with Crippen LogP contribution in [0, 0.1) is 5.41 Å². The second-order valence-corrected chi connectivity index (χ2v) is 9.64. The van der Waals surface area contributed by atoms with Crippen LogP contribution < -0.4 is 10.6 Å². The molecule has 4 heteroatoms. The van der Waals surface area contributed by atoms with Gasteiger partial charge in [0.05, 0.1) is 5.71 Å². The first-order valence-electron chi connectivity index (χ1n) is 13.3. The minimum atomic E-state index is -0.228. The van der Waals surface area contributed by atoms with Gasteiger partial charge in [0, 0.05) is 5.56 Å². The minimum absolute atomic E-state index is 0.0811. The first kappa shape index (κ1) is 24.5. The Bertz CT molecular complexity index is 1670. The van der Waals surface area contributed by atoms with E-state index in [2.05, 4.69) is 95.6 Å². The molecule has 0 fully saturated rings. The van der Waals surface area contributed by atoms with E-state index in [1.807, 2.05) is 55.5 Å². The van der Waals surface area contributed by atoms with Crippen LogP contribution in [0.25, 0.3) is 21.9 Å². The number of benzene rings is 5. The zero-order chi connectivity index (χ0) is 26.6. The van der Waals surface area contributed by atoms with E-state index in [4.69, 9.17) is 10.4 Å². The number of nitrogens with one attached hydrogen (secondary N) is 3. The number of fused-ring (bicyclic) bond motifs is 1. The molecule has 1 heterocycles. The lowest BCUT2D eigenvalue weighted by atomic mass is 9.93. The molecule has 39 heavy (non-hydrogen) atoms. The maximum absolute atomic E-state index is 8.22. The quantitative estimate of drug-likeness (QED) is 0.206. The van der Waals surface area contributed by atoms with E-state index in [9.17, 15) is 0 Å². The molecule has 0 spiro atoms. The average Bonchev–Trinajstić information content (AvgIpc) is 3.01. The van der Waals surface area contributed by atoms with Gasteiger partial charge in [0.2, 0.25) is 0 Å². The van der Waals surface area contributed by atoms with E-state index in [1.165, 1.54) is 16.3 Å². The Labute approximate surface area is 229 Å². The molecule has 4 nitrogen and oxygen atoms in total. The van der Waals surface area contributed by atoms with Crippen LogP contribution in [0.3, 0.4) is 0 Å². The van der Waals surface area contributed by atoms with Crippen molar-refractivity contribution in [3.8, 4) is 11.1 Å². The van der Waals surface area contributed by atoms with E-state index in [1.54, 1.807) is 0 Å². The van der Waals surface area contributed by atoms with Gasteiger partial charge >= 0.3 is 0 Å². The number of amidine groups is 1. The van der Waals surface area contributed by atoms with E-state index in [0.717, 1.165) is 33.7 Å². The van der Waals surface area contributed by atoms with Crippen molar-refractivity contribution in [3.63, 3.8) is 0 Å². The van der Waals surface area contributed by atoms with Gasteiger partial charge in [-0.15, -0.1) is 0 Å². The van der Waals surface area contributed by atoms with Gasteiger partial charge < -0.3 is 10.7 Å². The van der Waals surface area contributed by atoms with Crippen LogP contribution in [0.1, 0.15) is 41.5 Å². The number of rotatable bonds is 6. The van der Waals surface area contributed by atoms with E-state index in [0.29, 0.717) is 5.71 Å². The van der Waals surface area contributed by atoms with Crippen molar-refractivity contribution in [2.24, 2.45) is 4.99 Å². The third-order valence-electron chi connectivity index (χ3n) is 7.14. The van der Waals surface area contributed by atoms with Gasteiger partial charge in [-0.2, -0.15) is 0 Å². The van der Waals surface area contributed by atoms with Crippen molar-refractivity contribution in [2.75, 3.05) is 0 Å². The fourth-order valence-electron chi connectivity index (χ4n) is 5.18. The van der Waals surface area contributed by atoms with Crippen molar-refractivity contribution in [2.45, 2.75) is 19.3 Å². The highest BCUT2D eigenvalue weighted by Crippen LogP contribution is 2.35. The van der Waals surface area contributed by atoms with Crippen LogP contribution in [-0.2, 0) is 0 Å². The Balaban J connectivity index is 1.43. The largest absolute Gasteiger partial charge is 0.350 e. The van der Waals surface area contributed by atoms with Crippen LogP contribution in [0.5, 0.6) is 0 Å². The average molecular weight is 507 g/mol. The predicted molar refractivity (Wildman–Crippen MR) is 162 cm³/mol. The molecule has 6 rings (SSSR count). The summed E-state index contributed by atoms with van der Waals surface area (Å²) < 4.78 is 0. The Hall–Kier alpha value is -4.80. The molecule has 190 valence electrons. The highest BCUT2D eigenvalue weighted by atomic mass is 15.3. The summed E-state index contributed by atoms with van der Waals surface area (Å²) in [6.45, 7) is 1.93. The van der Waals surface area contributed by atoms with Crippen LogP contribution in [0.15, 0.2) is 138 Å². The molecule has 0 aromatic heterocycles. The maximum Gasteiger partial charge on any atom is 0.131 e. The fourth-order valence-corrected chi connectivity index (χ4v) is 5.18. The van der Waals surface area contributed by atoms with E-state index < -0.39 is 0 Å². The van der Waals surface area contributed by atoms with Gasteiger partial charge in [-0.05, 0) is 51.6 Å². The summed E-state index contributed by atoms with van der Waals surface area (Å²) in [4.78, 5) is 5.16. The summed E-state index contributed by atoms with van der Waals surface area (Å²) in [7, 11) is 0. The molecule has 0 saturated carbocycles. The van der Waals surface area contributed by atoms with E-state index in [-0.39, 0.29) is 12.3 Å². The molecule has 5 aromatic rings. The normalized spacial score (nSPS) is 17.1. The second kappa shape index (κ2) is 10.9. The van der Waals surface area contributed by atoms with Crippen molar-refractivity contribution in [3.05, 3.63) is 156 Å². The molecule has 2 unspecified atom stereocenters. The summed E-state index contributed by atoms with van der Waals surface area (Å²) in [6.07, 6.45) is 3.40. The topological polar surface area (TPSA) is 60.3 Å². The van der Waals surface area contributed by atoms with Crippen LogP contribution >= 0.6 is 0 Å². The number of nitrogens with zero attached hydrogens (tertiary/aromatic N) is 1. The highest BCUT2D eigenvalue weighted by molar-refractivity contribution is 6.07. The zero-order valence-corrected chi connectivity index (χ0v) is 21.8. The Morgan fingerprint density at radius 1 is 0.718 bits per heavy atom. The molecule has 1 aliphatic heterocycles. The highest BCUT2D eigenvalue weighted by Gasteiger charge is 2.26. The SMILES string of the molecule is C/C=C\C(=N)c1ccc(-c2ccc(C3N=C(c4ccccc4)NC(c4ccccc4)N3)c3ccccc23)cc1. The van der Waals surface area contributed by atoms with Gasteiger partial charge in [-0.3, -0.25) is 5.32 Å². The van der Waals surface area contributed by atoms with Crippen LogP contribution in [-0.4, -0.2) is 11.5 Å². The van der Waals surface area contributed by atoms with Gasteiger partial charge in [0.15, 0.2) is 0 Å². The third kappa shape index (κ3) is 5.02. The summed E-state index contributed by atoms with van der Waals surface area (Å²) in [5.41, 5.74) is 7.08. The lowest BCUT2D eigenvalue weighted by Gasteiger charge is -2.32. The first-order valence-corrected chi connectivity index (χ1v) is 13.3. The van der Waals surface area contributed by atoms with Gasteiger partial charge in [0.1, 0.15) is 18.2 Å². The monoisotopic (exact) mass is 506 g/mol. The Morgan fingerprint density at radius 2 is 1.38 bits per heavy atom. The maximum atomic E-state index is 8.22.